The van der Waals surface area contributed by atoms with E-state index >= 15 is 0 Å². The molecular formula is C122H188F8N6O2S2. The molecule has 1 saturated heterocycles. The van der Waals surface area contributed by atoms with E-state index in [1.807, 2.05) is 84.3 Å². The zero-order valence-corrected chi connectivity index (χ0v) is 95.8. The van der Waals surface area contributed by atoms with Crippen LogP contribution in [-0.4, -0.2) is 44.5 Å². The van der Waals surface area contributed by atoms with E-state index in [1.54, 1.807) is 71.3 Å². The van der Waals surface area contributed by atoms with E-state index in [9.17, 15) is 35.1 Å². The van der Waals surface area contributed by atoms with Crippen LogP contribution in [0.15, 0.2) is 181 Å². The van der Waals surface area contributed by atoms with E-state index in [-0.39, 0.29) is 39.0 Å². The lowest BCUT2D eigenvalue weighted by Gasteiger charge is -2.31. The first kappa shape index (κ1) is 130. The SMILES string of the molecule is CC(C)(C)C1(c2ccc(F)cc2)CC1.CC(C)(C)CC(C)(C)C.CC(C)(C)CC1CC1.CC(C)(C)CC1CCOCC1.CC(C)(C)Cc1ccc(C(F)(F)F)cc1.CC(C)(C)Cc1ccc(F)cc1.CC(C)(C)Cc1ccc(OC(F)(F)F)cc1.CC(C)[C@H](C)c1ccc(C#N)nc1.CC(C)[C@H](C)c1cccnc1.CC(C)[C@H](C)c1cscn1.CC(C)[C@H](C)c1nccs1.Cc1ccncc1CC(C)C. The van der Waals surface area contributed by atoms with Gasteiger partial charge in [-0.05, 0) is 285 Å². The van der Waals surface area contributed by atoms with Crippen LogP contribution >= 0.6 is 22.7 Å². The number of nitrogens with zero attached hydrogens (tertiary/aromatic N) is 6. The number of hydrogen-bond donors (Lipinski definition) is 0. The number of benzene rings is 4. The first-order chi connectivity index (χ1) is 64.1. The largest absolute Gasteiger partial charge is 0.573 e. The predicted molar refractivity (Wildman–Crippen MR) is 583 cm³/mol. The first-order valence-corrected chi connectivity index (χ1v) is 53.0. The van der Waals surface area contributed by atoms with Crippen LogP contribution in [-0.2, 0) is 42.0 Å². The van der Waals surface area contributed by atoms with Gasteiger partial charge in [0.2, 0.25) is 0 Å². The van der Waals surface area contributed by atoms with Crippen LogP contribution in [0.3, 0.4) is 0 Å². The molecule has 1 aliphatic heterocycles. The highest BCUT2D eigenvalue weighted by molar-refractivity contribution is 7.09. The smallest absolute Gasteiger partial charge is 0.406 e. The number of thiazole rings is 2. The summed E-state index contributed by atoms with van der Waals surface area (Å²) >= 11 is 3.42. The van der Waals surface area contributed by atoms with Gasteiger partial charge < -0.3 is 9.47 Å². The third-order valence-electron chi connectivity index (χ3n) is 24.2. The Balaban J connectivity index is 0.000000767. The van der Waals surface area contributed by atoms with Crippen LogP contribution in [0.2, 0.25) is 0 Å². The first-order valence-electron chi connectivity index (χ1n) is 51.1. The standard InChI is InChI=1S/C13H17F.C12H15F3O.C12H15F3.C11H15F.C11H14N2.2C10H15N.C10H20O.C9H20.2C8H13NS.C8H16/c1-12(2,3)13(8-9-13)10-4-6-11(14)7-5-10;1-11(2,3)8-9-4-6-10(7-5-9)16-12(13,14)15;1-11(2,3)8-9-4-6-10(7-5-9)12(13,14)15;1-11(2,3)8-9-4-6-10(12)7-5-9;1-8(2)9(3)10-4-5-11(6-12)13-7-10;1-8(2)6-10-7-11-5-4-9(10)3;1-8(2)9(3)10-5-4-6-11-7-10;1-10(2,3)8-9-4-6-11-7-5-9;1-8(2,3)7-9(4,5)6;1-6(2)7(3)8-4-10-5-9-8;1-6(2)7(3)8-9-4-5-10-8;1-8(2,3)6-7-4-5-7/h4-7H,8-9H2,1-3H3;4-7H,8H2,1-3H3;4-7H,8H2,1-3H3;4-7H,8H2,1-3H3;4-5,7-9H,1-3H3;4-5,7-8H,6H2,1-3H3;4-9H,1-3H3;9H,4-8H2,1-3H3;7H2,1-6H3;2*4-7H,1-3H3;7H,4-6H2,1-3H3/t;;;;9-;;9-;;;2*7-;/m....0.0..00./s1. The highest BCUT2D eigenvalue weighted by Gasteiger charge is 2.53. The van der Waals surface area contributed by atoms with Crippen LogP contribution in [0, 0.1) is 115 Å². The van der Waals surface area contributed by atoms with Crippen molar-refractivity contribution in [3.8, 4) is 11.8 Å². The van der Waals surface area contributed by atoms with E-state index in [1.165, 1.54) is 126 Å². The molecule has 9 aromatic rings. The second kappa shape index (κ2) is 60.9. The highest BCUT2D eigenvalue weighted by Crippen LogP contribution is 2.59. The molecule has 4 aromatic carbocycles. The lowest BCUT2D eigenvalue weighted by Crippen LogP contribution is -2.25. The number of aromatic nitrogens is 5. The molecule has 0 unspecified atom stereocenters. The lowest BCUT2D eigenvalue weighted by molar-refractivity contribution is -0.274. The Hall–Kier alpha value is -7.72. The summed E-state index contributed by atoms with van der Waals surface area (Å²) in [7, 11) is 0. The molecular weight excluding hydrogens is 1800 g/mol. The quantitative estimate of drug-likeness (QED) is 0.0830. The number of ether oxygens (including phenoxy) is 2. The molecule has 0 bridgehead atoms. The Morgan fingerprint density at radius 3 is 1.19 bits per heavy atom. The minimum atomic E-state index is -4.62. The van der Waals surface area contributed by atoms with Gasteiger partial charge in [-0.15, -0.1) is 35.8 Å². The van der Waals surface area contributed by atoms with Crippen molar-refractivity contribution in [2.45, 2.75) is 395 Å². The van der Waals surface area contributed by atoms with Gasteiger partial charge in [0.05, 0.1) is 21.8 Å². The topological polar surface area (TPSA) is 107 Å². The molecule has 8 nitrogen and oxygen atoms in total. The van der Waals surface area contributed by atoms with Gasteiger partial charge in [-0.2, -0.15) is 18.4 Å². The number of alkyl halides is 6. The summed E-state index contributed by atoms with van der Waals surface area (Å²) < 4.78 is 107. The van der Waals surface area contributed by atoms with E-state index in [0.717, 1.165) is 79.9 Å². The third kappa shape index (κ3) is 62.7. The number of pyridine rings is 3. The van der Waals surface area contributed by atoms with Crippen molar-refractivity contribution >= 4 is 22.7 Å². The lowest BCUT2D eigenvalue weighted by atomic mass is 9.73. The van der Waals surface area contributed by atoms with Gasteiger partial charge in [0.1, 0.15) is 29.1 Å². The molecule has 6 heterocycles. The minimum absolute atomic E-state index is 0.0970. The maximum absolute atomic E-state index is 12.8. The van der Waals surface area contributed by atoms with E-state index in [2.05, 4.69) is 317 Å². The van der Waals surface area contributed by atoms with Gasteiger partial charge in [0.15, 0.2) is 0 Å². The van der Waals surface area contributed by atoms with E-state index in [0.29, 0.717) is 80.1 Å². The van der Waals surface area contributed by atoms with Gasteiger partial charge in [-0.3, -0.25) is 9.97 Å². The third-order valence-corrected chi connectivity index (χ3v) is 25.8. The average molecular weight is 1990 g/mol. The molecule has 2 saturated carbocycles. The molecule has 0 amide bonds. The van der Waals surface area contributed by atoms with Crippen LogP contribution in [0.1, 0.15) is 411 Å². The van der Waals surface area contributed by atoms with Gasteiger partial charge >= 0.3 is 12.5 Å². The molecule has 0 N–H and O–H groups in total. The van der Waals surface area contributed by atoms with Gasteiger partial charge in [-0.25, -0.2) is 23.7 Å². The molecule has 786 valence electrons. The Labute approximate surface area is 855 Å². The van der Waals surface area contributed by atoms with E-state index in [4.69, 9.17) is 10.00 Å². The Morgan fingerprint density at radius 1 is 0.450 bits per heavy atom. The second-order valence-electron chi connectivity index (χ2n) is 50.1. The zero-order chi connectivity index (χ0) is 107. The predicted octanol–water partition coefficient (Wildman–Crippen LogP) is 38.9. The molecule has 0 radical (unpaired) electrons. The van der Waals surface area contributed by atoms with Crippen molar-refractivity contribution in [1.82, 2.24) is 24.9 Å². The van der Waals surface area contributed by atoms with Crippen molar-refractivity contribution in [3.05, 3.63) is 259 Å². The van der Waals surface area contributed by atoms with Gasteiger partial charge in [0.25, 0.3) is 0 Å². The number of hydrogen-bond acceptors (Lipinski definition) is 10. The van der Waals surface area contributed by atoms with Crippen molar-refractivity contribution in [3.63, 3.8) is 0 Å². The fourth-order valence-electron chi connectivity index (χ4n) is 15.9. The molecule has 18 heteroatoms. The molecule has 3 fully saturated rings. The number of halogens is 8. The Bertz CT molecular complexity index is 4630. The minimum Gasteiger partial charge on any atom is -0.406 e. The van der Waals surface area contributed by atoms with Crippen LogP contribution < -0.4 is 4.74 Å². The van der Waals surface area contributed by atoms with Crippen LogP contribution in [0.25, 0.3) is 0 Å². The van der Waals surface area contributed by atoms with Crippen molar-refractivity contribution in [2.24, 2.45) is 84.7 Å². The fourth-order valence-corrected chi connectivity index (χ4v) is 17.4. The summed E-state index contributed by atoms with van der Waals surface area (Å²) in [6.45, 7) is 88.6. The normalized spacial score (nSPS) is 14.7. The molecule has 140 heavy (non-hydrogen) atoms. The van der Waals surface area contributed by atoms with Crippen LogP contribution in [0.4, 0.5) is 35.1 Å². The Morgan fingerprint density at radius 2 is 0.879 bits per heavy atom. The van der Waals surface area contributed by atoms with Crippen molar-refractivity contribution in [1.29, 1.82) is 5.26 Å². The average Bonchev–Trinajstić information content (AvgIpc) is 1.58. The fraction of sp³-hybridized carbons (Fsp3) is 0.623. The monoisotopic (exact) mass is 1990 g/mol. The summed E-state index contributed by atoms with van der Waals surface area (Å²) in [6, 6.07) is 37.1. The second-order valence-corrected chi connectivity index (χ2v) is 51.7. The summed E-state index contributed by atoms with van der Waals surface area (Å²) in [5, 5.41) is 14.0. The number of aryl methyl sites for hydroxylation is 1. The molecule has 12 rings (SSSR count). The maximum atomic E-state index is 12.8. The number of nitriles is 1. The van der Waals surface area contributed by atoms with Crippen molar-refractivity contribution in [2.75, 3.05) is 13.2 Å². The molecule has 5 aromatic heterocycles. The summed E-state index contributed by atoms with van der Waals surface area (Å²) in [5.74, 6) is 7.28. The van der Waals surface area contributed by atoms with E-state index < -0.39 is 18.1 Å². The molecule has 0 spiro atoms. The summed E-state index contributed by atoms with van der Waals surface area (Å²) in [4.78, 5) is 20.7. The van der Waals surface area contributed by atoms with Gasteiger partial charge in [-0.1, -0.05) is 337 Å². The molecule has 2 aliphatic carbocycles. The Kier molecular flexibility index (Phi) is 56.7. The van der Waals surface area contributed by atoms with Crippen molar-refractivity contribution < 1.29 is 44.6 Å². The van der Waals surface area contributed by atoms with Crippen LogP contribution in [0.5, 0.6) is 5.75 Å². The highest BCUT2D eigenvalue weighted by atomic mass is 32.1. The number of rotatable bonds is 17. The summed E-state index contributed by atoms with van der Waals surface area (Å²) in [6.07, 6.45) is 18.2. The maximum Gasteiger partial charge on any atom is 0.573 e. The van der Waals surface area contributed by atoms with Gasteiger partial charge in [0, 0.05) is 78.4 Å². The molecule has 4 atom stereocenters. The zero-order valence-electron chi connectivity index (χ0n) is 94.1. The molecule has 3 aliphatic rings. The summed E-state index contributed by atoms with van der Waals surface area (Å²) in [5.41, 5.74) is 15.9.